The molecule has 0 aliphatic carbocycles. The Morgan fingerprint density at radius 1 is 1.41 bits per heavy atom. The molecule has 0 radical (unpaired) electrons. The van der Waals surface area contributed by atoms with Crippen molar-refractivity contribution in [3.63, 3.8) is 0 Å². The molecule has 22 heavy (non-hydrogen) atoms. The van der Waals surface area contributed by atoms with E-state index in [2.05, 4.69) is 17.6 Å². The molecule has 1 aliphatic rings. The van der Waals surface area contributed by atoms with Crippen LogP contribution in [0.2, 0.25) is 0 Å². The number of rotatable bonds is 8. The largest absolute Gasteiger partial charge is 0.494 e. The van der Waals surface area contributed by atoms with Gasteiger partial charge in [0.2, 0.25) is 5.91 Å². The summed E-state index contributed by atoms with van der Waals surface area (Å²) in [7, 11) is 0. The number of amides is 1. The number of para-hydroxylation sites is 1. The van der Waals surface area contributed by atoms with Gasteiger partial charge in [-0.2, -0.15) is 0 Å². The van der Waals surface area contributed by atoms with E-state index in [-0.39, 0.29) is 5.91 Å². The molecule has 2 atom stereocenters. The summed E-state index contributed by atoms with van der Waals surface area (Å²) in [6, 6.07) is 9.77. The van der Waals surface area contributed by atoms with Gasteiger partial charge in [-0.1, -0.05) is 25.1 Å². The van der Waals surface area contributed by atoms with Gasteiger partial charge in [0.15, 0.2) is 0 Å². The number of ether oxygens (including phenoxy) is 1. The van der Waals surface area contributed by atoms with Crippen LogP contribution in [0.4, 0.5) is 0 Å². The molecule has 2 N–H and O–H groups in total. The minimum Gasteiger partial charge on any atom is -0.494 e. The SMILES string of the molecule is CC(CC(=O)NCCCOc1ccccc1)C1CCCNC1. The molecule has 1 aromatic carbocycles. The first-order chi connectivity index (χ1) is 10.8. The number of carbonyl (C=O) groups is 1. The van der Waals surface area contributed by atoms with E-state index in [4.69, 9.17) is 4.74 Å². The number of benzene rings is 1. The number of nitrogens with one attached hydrogen (secondary N) is 2. The Morgan fingerprint density at radius 3 is 2.95 bits per heavy atom. The lowest BCUT2D eigenvalue weighted by Crippen LogP contribution is -2.35. The van der Waals surface area contributed by atoms with Gasteiger partial charge in [-0.15, -0.1) is 0 Å². The van der Waals surface area contributed by atoms with E-state index in [0.29, 0.717) is 31.4 Å². The van der Waals surface area contributed by atoms with Crippen LogP contribution in [0.15, 0.2) is 30.3 Å². The second kappa shape index (κ2) is 9.46. The van der Waals surface area contributed by atoms with Gasteiger partial charge >= 0.3 is 0 Å². The van der Waals surface area contributed by atoms with E-state index in [0.717, 1.165) is 25.3 Å². The van der Waals surface area contributed by atoms with Crippen LogP contribution in [0, 0.1) is 11.8 Å². The fourth-order valence-corrected chi connectivity index (χ4v) is 2.90. The molecule has 1 fully saturated rings. The highest BCUT2D eigenvalue weighted by Crippen LogP contribution is 2.22. The summed E-state index contributed by atoms with van der Waals surface area (Å²) in [6.45, 7) is 5.68. The first-order valence-electron chi connectivity index (χ1n) is 8.41. The molecule has 1 aliphatic heterocycles. The number of carbonyl (C=O) groups excluding carboxylic acids is 1. The van der Waals surface area contributed by atoms with Crippen LogP contribution in [-0.2, 0) is 4.79 Å². The van der Waals surface area contributed by atoms with Crippen LogP contribution in [0.25, 0.3) is 0 Å². The predicted molar refractivity (Wildman–Crippen MR) is 88.9 cm³/mol. The lowest BCUT2D eigenvalue weighted by molar-refractivity contribution is -0.122. The van der Waals surface area contributed by atoms with Crippen molar-refractivity contribution in [2.24, 2.45) is 11.8 Å². The molecule has 1 aromatic rings. The van der Waals surface area contributed by atoms with E-state index in [1.54, 1.807) is 0 Å². The highest BCUT2D eigenvalue weighted by Gasteiger charge is 2.21. The maximum atomic E-state index is 12.0. The average molecular weight is 304 g/mol. The minimum absolute atomic E-state index is 0.165. The zero-order valence-corrected chi connectivity index (χ0v) is 13.5. The average Bonchev–Trinajstić information content (AvgIpc) is 2.56. The quantitative estimate of drug-likeness (QED) is 0.726. The summed E-state index contributed by atoms with van der Waals surface area (Å²) in [5.41, 5.74) is 0. The van der Waals surface area contributed by atoms with Gasteiger partial charge in [0.05, 0.1) is 6.61 Å². The van der Waals surface area contributed by atoms with Gasteiger partial charge in [-0.3, -0.25) is 4.79 Å². The molecule has 4 nitrogen and oxygen atoms in total. The number of hydrogen-bond donors (Lipinski definition) is 2. The predicted octanol–water partition coefficient (Wildman–Crippen LogP) is 2.60. The molecule has 0 saturated carbocycles. The maximum Gasteiger partial charge on any atom is 0.220 e. The molecule has 122 valence electrons. The molecule has 4 heteroatoms. The van der Waals surface area contributed by atoms with Crippen LogP contribution in [0.1, 0.15) is 32.6 Å². The van der Waals surface area contributed by atoms with E-state index >= 15 is 0 Å². The molecule has 1 amide bonds. The molecular formula is C18H28N2O2. The van der Waals surface area contributed by atoms with Crippen LogP contribution in [-0.4, -0.2) is 32.1 Å². The van der Waals surface area contributed by atoms with Crippen molar-refractivity contribution in [1.82, 2.24) is 10.6 Å². The fraction of sp³-hybridized carbons (Fsp3) is 0.611. The van der Waals surface area contributed by atoms with Crippen molar-refractivity contribution < 1.29 is 9.53 Å². The van der Waals surface area contributed by atoms with Gasteiger partial charge in [0.25, 0.3) is 0 Å². The molecule has 0 spiro atoms. The van der Waals surface area contributed by atoms with E-state index in [1.807, 2.05) is 30.3 Å². The third-order valence-corrected chi connectivity index (χ3v) is 4.30. The van der Waals surface area contributed by atoms with E-state index in [9.17, 15) is 4.79 Å². The highest BCUT2D eigenvalue weighted by molar-refractivity contribution is 5.76. The Kier molecular flexibility index (Phi) is 7.23. The van der Waals surface area contributed by atoms with Gasteiger partial charge in [-0.05, 0) is 56.3 Å². The molecule has 1 heterocycles. The van der Waals surface area contributed by atoms with Crippen molar-refractivity contribution >= 4 is 5.91 Å². The summed E-state index contributed by atoms with van der Waals surface area (Å²) >= 11 is 0. The zero-order valence-electron chi connectivity index (χ0n) is 13.5. The molecule has 0 bridgehead atoms. The van der Waals surface area contributed by atoms with Crippen LogP contribution >= 0.6 is 0 Å². The normalized spacial score (nSPS) is 19.4. The second-order valence-electron chi connectivity index (χ2n) is 6.15. The first kappa shape index (κ1) is 16.8. The van der Waals surface area contributed by atoms with E-state index < -0.39 is 0 Å². The lowest BCUT2D eigenvalue weighted by Gasteiger charge is -2.28. The highest BCUT2D eigenvalue weighted by atomic mass is 16.5. The molecular weight excluding hydrogens is 276 g/mol. The Labute approximate surface area is 133 Å². The smallest absolute Gasteiger partial charge is 0.220 e. The van der Waals surface area contributed by atoms with Crippen molar-refractivity contribution in [2.45, 2.75) is 32.6 Å². The molecule has 0 aromatic heterocycles. The molecule has 1 saturated heterocycles. The standard InChI is InChI=1S/C18H28N2O2/c1-15(16-7-5-10-19-14-16)13-18(21)20-11-6-12-22-17-8-3-2-4-9-17/h2-4,8-9,15-16,19H,5-7,10-14H2,1H3,(H,20,21). The fourth-order valence-electron chi connectivity index (χ4n) is 2.90. The Bertz CT molecular complexity index is 430. The molecule has 2 rings (SSSR count). The van der Waals surface area contributed by atoms with Gasteiger partial charge < -0.3 is 15.4 Å². The number of piperidine rings is 1. The second-order valence-corrected chi connectivity index (χ2v) is 6.15. The Morgan fingerprint density at radius 2 is 2.23 bits per heavy atom. The van der Waals surface area contributed by atoms with Gasteiger partial charge in [0.1, 0.15) is 5.75 Å². The van der Waals surface area contributed by atoms with Gasteiger partial charge in [-0.25, -0.2) is 0 Å². The van der Waals surface area contributed by atoms with Crippen molar-refractivity contribution in [2.75, 3.05) is 26.2 Å². The van der Waals surface area contributed by atoms with Crippen molar-refractivity contribution in [3.05, 3.63) is 30.3 Å². The van der Waals surface area contributed by atoms with Gasteiger partial charge in [0, 0.05) is 13.0 Å². The topological polar surface area (TPSA) is 50.4 Å². The summed E-state index contributed by atoms with van der Waals surface area (Å²) in [5.74, 6) is 2.14. The monoisotopic (exact) mass is 304 g/mol. The van der Waals surface area contributed by atoms with Crippen LogP contribution in [0.3, 0.4) is 0 Å². The Balaban J connectivity index is 1.53. The maximum absolute atomic E-state index is 12.0. The van der Waals surface area contributed by atoms with Crippen molar-refractivity contribution in [3.8, 4) is 5.75 Å². The van der Waals surface area contributed by atoms with Crippen LogP contribution < -0.4 is 15.4 Å². The third kappa shape index (κ3) is 6.06. The molecule has 2 unspecified atom stereocenters. The van der Waals surface area contributed by atoms with Crippen molar-refractivity contribution in [1.29, 1.82) is 0 Å². The number of hydrogen-bond acceptors (Lipinski definition) is 3. The minimum atomic E-state index is 0.165. The Hall–Kier alpha value is -1.55. The zero-order chi connectivity index (χ0) is 15.6. The lowest BCUT2D eigenvalue weighted by atomic mass is 9.85. The summed E-state index contributed by atoms with van der Waals surface area (Å²) < 4.78 is 5.60. The van der Waals surface area contributed by atoms with Crippen LogP contribution in [0.5, 0.6) is 5.75 Å². The third-order valence-electron chi connectivity index (χ3n) is 4.30. The van der Waals surface area contributed by atoms with E-state index in [1.165, 1.54) is 12.8 Å². The summed E-state index contributed by atoms with van der Waals surface area (Å²) in [4.78, 5) is 12.0. The summed E-state index contributed by atoms with van der Waals surface area (Å²) in [5, 5.41) is 6.42. The summed E-state index contributed by atoms with van der Waals surface area (Å²) in [6.07, 6.45) is 3.94. The first-order valence-corrected chi connectivity index (χ1v) is 8.41.